The topological polar surface area (TPSA) is 67.0 Å². The number of para-hydroxylation sites is 2. The van der Waals surface area contributed by atoms with E-state index in [-0.39, 0.29) is 5.91 Å². The number of aromatic amines is 1. The maximum absolute atomic E-state index is 12.3. The molecule has 0 fully saturated rings. The molecule has 0 spiro atoms. The van der Waals surface area contributed by atoms with Crippen molar-refractivity contribution < 1.29 is 9.53 Å². The molecule has 0 saturated carbocycles. The number of benzene rings is 1. The lowest BCUT2D eigenvalue weighted by atomic mass is 10.2. The number of methoxy groups -OCH3 is 1. The third-order valence-electron chi connectivity index (χ3n) is 3.05. The molecule has 0 bridgehead atoms. The van der Waals surface area contributed by atoms with Crippen LogP contribution in [0.3, 0.4) is 0 Å². The molecule has 0 saturated heterocycles. The van der Waals surface area contributed by atoms with Crippen molar-refractivity contribution in [1.29, 1.82) is 0 Å². The minimum absolute atomic E-state index is 0.270. The highest BCUT2D eigenvalue weighted by molar-refractivity contribution is 6.29. The van der Waals surface area contributed by atoms with Gasteiger partial charge in [0.15, 0.2) is 0 Å². The Morgan fingerprint density at radius 3 is 2.90 bits per heavy atom. The van der Waals surface area contributed by atoms with E-state index in [2.05, 4.69) is 15.3 Å². The van der Waals surface area contributed by atoms with Crippen LogP contribution >= 0.6 is 11.6 Å². The average Bonchev–Trinajstić information content (AvgIpc) is 2.91. The molecule has 6 heteroatoms. The zero-order valence-corrected chi connectivity index (χ0v) is 11.9. The van der Waals surface area contributed by atoms with Gasteiger partial charge in [0.1, 0.15) is 22.2 Å². The van der Waals surface area contributed by atoms with Crippen molar-refractivity contribution in [2.75, 3.05) is 12.4 Å². The van der Waals surface area contributed by atoms with E-state index in [0.29, 0.717) is 27.9 Å². The molecule has 0 aliphatic heterocycles. The number of halogens is 1. The molecule has 3 rings (SSSR count). The summed E-state index contributed by atoms with van der Waals surface area (Å²) >= 11 is 5.83. The first-order valence-corrected chi connectivity index (χ1v) is 6.65. The second-order valence-corrected chi connectivity index (χ2v) is 4.80. The number of fused-ring (bicyclic) bond motifs is 1. The Hall–Kier alpha value is -2.53. The van der Waals surface area contributed by atoms with Gasteiger partial charge >= 0.3 is 0 Å². The van der Waals surface area contributed by atoms with Crippen LogP contribution < -0.4 is 10.1 Å². The smallest absolute Gasteiger partial charge is 0.272 e. The summed E-state index contributed by atoms with van der Waals surface area (Å²) in [6.07, 6.45) is 0. The monoisotopic (exact) mass is 301 g/mol. The molecule has 1 aromatic carbocycles. The van der Waals surface area contributed by atoms with Crippen molar-refractivity contribution in [2.45, 2.75) is 0 Å². The number of carbonyl (C=O) groups is 1. The number of ether oxygens (including phenoxy) is 1. The predicted molar refractivity (Wildman–Crippen MR) is 82.1 cm³/mol. The number of amides is 1. The number of rotatable bonds is 3. The van der Waals surface area contributed by atoms with E-state index in [0.717, 1.165) is 5.39 Å². The molecular weight excluding hydrogens is 290 g/mol. The van der Waals surface area contributed by atoms with E-state index in [9.17, 15) is 4.79 Å². The third-order valence-corrected chi connectivity index (χ3v) is 3.26. The second-order valence-electron chi connectivity index (χ2n) is 4.41. The van der Waals surface area contributed by atoms with Gasteiger partial charge < -0.3 is 15.0 Å². The van der Waals surface area contributed by atoms with Crippen LogP contribution in [0.4, 0.5) is 5.69 Å². The highest BCUT2D eigenvalue weighted by Gasteiger charge is 2.12. The molecule has 21 heavy (non-hydrogen) atoms. The Labute approximate surface area is 125 Å². The molecule has 0 radical (unpaired) electrons. The van der Waals surface area contributed by atoms with Crippen LogP contribution in [0.2, 0.25) is 5.15 Å². The largest absolute Gasteiger partial charge is 0.495 e. The standard InChI is InChI=1S/C15H12ClN3O2/c1-21-12-5-3-2-4-10(12)18-15(20)11-8-9-6-7-13(16)19-14(9)17-11/h2-8H,1H3,(H,17,19)(H,18,20). The molecule has 0 unspecified atom stereocenters. The molecule has 3 aromatic rings. The van der Waals surface area contributed by atoms with Crippen molar-refractivity contribution in [3.05, 3.63) is 53.3 Å². The van der Waals surface area contributed by atoms with Gasteiger partial charge in [-0.15, -0.1) is 0 Å². The lowest BCUT2D eigenvalue weighted by Crippen LogP contribution is -2.12. The molecule has 2 heterocycles. The molecule has 0 aliphatic rings. The van der Waals surface area contributed by atoms with E-state index >= 15 is 0 Å². The lowest BCUT2D eigenvalue weighted by molar-refractivity contribution is 0.102. The summed E-state index contributed by atoms with van der Waals surface area (Å²) in [5, 5.41) is 4.00. The Morgan fingerprint density at radius 1 is 1.29 bits per heavy atom. The van der Waals surface area contributed by atoms with E-state index in [1.165, 1.54) is 0 Å². The fourth-order valence-electron chi connectivity index (χ4n) is 2.04. The molecule has 106 valence electrons. The summed E-state index contributed by atoms with van der Waals surface area (Å²) in [6.45, 7) is 0. The molecule has 2 N–H and O–H groups in total. The van der Waals surface area contributed by atoms with E-state index in [4.69, 9.17) is 16.3 Å². The van der Waals surface area contributed by atoms with Crippen molar-refractivity contribution in [3.63, 3.8) is 0 Å². The Morgan fingerprint density at radius 2 is 2.10 bits per heavy atom. The van der Waals surface area contributed by atoms with Gasteiger partial charge in [-0.2, -0.15) is 0 Å². The van der Waals surface area contributed by atoms with Crippen LogP contribution in [-0.4, -0.2) is 23.0 Å². The number of hydrogen-bond donors (Lipinski definition) is 2. The Kier molecular flexibility index (Phi) is 3.50. The average molecular weight is 302 g/mol. The quantitative estimate of drug-likeness (QED) is 0.728. The fourth-order valence-corrected chi connectivity index (χ4v) is 2.19. The minimum Gasteiger partial charge on any atom is -0.495 e. The molecule has 2 aromatic heterocycles. The first-order valence-electron chi connectivity index (χ1n) is 6.27. The maximum Gasteiger partial charge on any atom is 0.272 e. The summed E-state index contributed by atoms with van der Waals surface area (Å²) in [4.78, 5) is 19.3. The molecule has 0 atom stereocenters. The third kappa shape index (κ3) is 2.68. The SMILES string of the molecule is COc1ccccc1NC(=O)c1cc2ccc(Cl)nc2[nH]1. The van der Waals surface area contributed by atoms with Gasteiger partial charge in [0, 0.05) is 5.39 Å². The number of aromatic nitrogens is 2. The number of anilines is 1. The number of pyridine rings is 1. The second kappa shape index (κ2) is 5.46. The summed E-state index contributed by atoms with van der Waals surface area (Å²) in [6, 6.07) is 12.4. The van der Waals surface area contributed by atoms with Gasteiger partial charge in [-0.05, 0) is 30.3 Å². The van der Waals surface area contributed by atoms with Gasteiger partial charge in [-0.1, -0.05) is 23.7 Å². The number of carbonyl (C=O) groups excluding carboxylic acids is 1. The maximum atomic E-state index is 12.3. The fraction of sp³-hybridized carbons (Fsp3) is 0.0667. The molecular formula is C15H12ClN3O2. The summed E-state index contributed by atoms with van der Waals surface area (Å²) in [5.41, 5.74) is 1.59. The Balaban J connectivity index is 1.90. The number of hydrogen-bond acceptors (Lipinski definition) is 3. The zero-order valence-electron chi connectivity index (χ0n) is 11.2. The van der Waals surface area contributed by atoms with Crippen LogP contribution in [-0.2, 0) is 0 Å². The molecule has 1 amide bonds. The van der Waals surface area contributed by atoms with Crippen molar-refractivity contribution >= 4 is 34.2 Å². The van der Waals surface area contributed by atoms with Gasteiger partial charge in [0.25, 0.3) is 5.91 Å². The molecule has 0 aliphatic carbocycles. The highest BCUT2D eigenvalue weighted by Crippen LogP contribution is 2.24. The van der Waals surface area contributed by atoms with Crippen molar-refractivity contribution in [2.24, 2.45) is 0 Å². The first kappa shape index (κ1) is 13.5. The zero-order chi connectivity index (χ0) is 14.8. The minimum atomic E-state index is -0.270. The van der Waals surface area contributed by atoms with Crippen molar-refractivity contribution in [1.82, 2.24) is 9.97 Å². The Bertz CT molecular complexity index is 814. The lowest BCUT2D eigenvalue weighted by Gasteiger charge is -2.08. The van der Waals surface area contributed by atoms with E-state index in [1.54, 1.807) is 37.4 Å². The van der Waals surface area contributed by atoms with Gasteiger partial charge in [0.05, 0.1) is 12.8 Å². The summed E-state index contributed by atoms with van der Waals surface area (Å²) in [7, 11) is 1.56. The summed E-state index contributed by atoms with van der Waals surface area (Å²) < 4.78 is 5.20. The van der Waals surface area contributed by atoms with E-state index in [1.807, 2.05) is 12.1 Å². The highest BCUT2D eigenvalue weighted by atomic mass is 35.5. The van der Waals surface area contributed by atoms with Gasteiger partial charge in [-0.25, -0.2) is 4.98 Å². The number of nitrogens with one attached hydrogen (secondary N) is 2. The van der Waals surface area contributed by atoms with Gasteiger partial charge in [-0.3, -0.25) is 4.79 Å². The van der Waals surface area contributed by atoms with Crippen molar-refractivity contribution in [3.8, 4) is 5.75 Å². The van der Waals surface area contributed by atoms with Crippen LogP contribution in [0.5, 0.6) is 5.75 Å². The molecule has 5 nitrogen and oxygen atoms in total. The van der Waals surface area contributed by atoms with Crippen LogP contribution in [0, 0.1) is 0 Å². The van der Waals surface area contributed by atoms with Gasteiger partial charge in [0.2, 0.25) is 0 Å². The van der Waals surface area contributed by atoms with E-state index < -0.39 is 0 Å². The van der Waals surface area contributed by atoms with Crippen LogP contribution in [0.15, 0.2) is 42.5 Å². The number of nitrogens with zero attached hydrogens (tertiary/aromatic N) is 1. The van der Waals surface area contributed by atoms with Crippen LogP contribution in [0.25, 0.3) is 11.0 Å². The predicted octanol–water partition coefficient (Wildman–Crippen LogP) is 3.48. The normalized spacial score (nSPS) is 10.6. The van der Waals surface area contributed by atoms with Crippen LogP contribution in [0.1, 0.15) is 10.5 Å². The number of H-pyrrole nitrogens is 1. The summed E-state index contributed by atoms with van der Waals surface area (Å²) in [5.74, 6) is 0.330. The first-order chi connectivity index (χ1) is 10.2.